The molecular weight excluding hydrogens is 743 g/mol. The molecule has 5 heterocycles. The fraction of sp³-hybridized carbons (Fsp3) is 0.455. The van der Waals surface area contributed by atoms with Gasteiger partial charge in [-0.15, -0.1) is 0 Å². The molecule has 0 spiro atoms. The Hall–Kier alpha value is -5.50. The number of carbonyl (C=O) groups is 3. The maximum absolute atomic E-state index is 15.2. The molecule has 4 fully saturated rings. The van der Waals surface area contributed by atoms with Crippen LogP contribution >= 0.6 is 0 Å². The maximum atomic E-state index is 15.2. The Balaban J connectivity index is 0.761. The number of hydrogen-bond donors (Lipinski definition) is 3. The van der Waals surface area contributed by atoms with Crippen molar-refractivity contribution in [3.8, 4) is 16.9 Å². The topological polar surface area (TPSA) is 142 Å². The third-order valence-electron chi connectivity index (χ3n) is 12.4. The number of imide groups is 1. The standard InChI is InChI=1S/C44H50F2N8O4/c45-36-25-33(48-38-13-14-39(55)50-42(38)57)11-12-35(36)29-17-20-52(21-18-29)27-28-15-22-53(23-16-28)43(58)30-7-9-32(10-8-30)49-44-47-26-37(46)41(51-44)31-4-3-5-34(24-31)54-19-2-1-6-40(54)56/h1-6,11-12,19,24-26,28-30,32,38,48H,7-10,13-18,20-23,27H2,(H,47,49,51)(H,50,55,57)/t30?,32?,38-/m1/s1. The zero-order valence-corrected chi connectivity index (χ0v) is 32.5. The minimum absolute atomic E-state index is 0.00914. The Morgan fingerprint density at radius 3 is 2.34 bits per heavy atom. The predicted molar refractivity (Wildman–Crippen MR) is 216 cm³/mol. The SMILES string of the molecule is O=C1CC[C@@H](Nc2ccc(C3CCN(CC4CCN(C(=O)C5CCC(Nc6ncc(F)c(-c7cccc(-n8ccccc8=O)c7)n6)CC5)CC4)CC3)c(F)c2)C(=O)N1. The first-order valence-corrected chi connectivity index (χ1v) is 20.6. The Morgan fingerprint density at radius 2 is 1.60 bits per heavy atom. The van der Waals surface area contributed by atoms with Gasteiger partial charge in [0.1, 0.15) is 17.6 Å². The predicted octanol–water partition coefficient (Wildman–Crippen LogP) is 5.88. The number of amides is 3. The van der Waals surface area contributed by atoms with Gasteiger partial charge in [0, 0.05) is 67.2 Å². The highest BCUT2D eigenvalue weighted by Crippen LogP contribution is 2.34. The van der Waals surface area contributed by atoms with Gasteiger partial charge in [0.15, 0.2) is 5.82 Å². The van der Waals surface area contributed by atoms with Crippen molar-refractivity contribution < 1.29 is 23.2 Å². The summed E-state index contributed by atoms with van der Waals surface area (Å²) in [5, 5.41) is 8.77. The second-order valence-electron chi connectivity index (χ2n) is 16.3. The van der Waals surface area contributed by atoms with Gasteiger partial charge >= 0.3 is 0 Å². The van der Waals surface area contributed by atoms with E-state index in [1.807, 2.05) is 12.1 Å². The molecule has 8 rings (SSSR count). The number of pyridine rings is 1. The lowest BCUT2D eigenvalue weighted by molar-refractivity contribution is -0.138. The van der Waals surface area contributed by atoms with Crippen LogP contribution in [0.25, 0.3) is 16.9 Å². The lowest BCUT2D eigenvalue weighted by atomic mass is 9.84. The van der Waals surface area contributed by atoms with Crippen LogP contribution in [0.1, 0.15) is 75.7 Å². The Labute approximate surface area is 336 Å². The molecule has 1 aliphatic carbocycles. The summed E-state index contributed by atoms with van der Waals surface area (Å²) in [6, 6.07) is 16.6. The van der Waals surface area contributed by atoms with Crippen molar-refractivity contribution in [1.29, 1.82) is 0 Å². The van der Waals surface area contributed by atoms with Crippen molar-refractivity contribution in [2.45, 2.75) is 82.2 Å². The van der Waals surface area contributed by atoms with Gasteiger partial charge in [-0.1, -0.05) is 24.3 Å². The van der Waals surface area contributed by atoms with E-state index in [1.54, 1.807) is 42.6 Å². The van der Waals surface area contributed by atoms with E-state index in [-0.39, 0.29) is 59.1 Å². The van der Waals surface area contributed by atoms with Crippen LogP contribution in [0.3, 0.4) is 0 Å². The van der Waals surface area contributed by atoms with E-state index in [1.165, 1.54) is 22.9 Å². The van der Waals surface area contributed by atoms with Crippen molar-refractivity contribution in [1.82, 2.24) is 29.7 Å². The number of rotatable bonds is 10. The zero-order chi connectivity index (χ0) is 40.2. The van der Waals surface area contributed by atoms with Crippen LogP contribution in [0, 0.1) is 23.5 Å². The zero-order valence-electron chi connectivity index (χ0n) is 32.5. The van der Waals surface area contributed by atoms with E-state index in [9.17, 15) is 23.6 Å². The molecule has 12 nitrogen and oxygen atoms in total. The van der Waals surface area contributed by atoms with Gasteiger partial charge in [-0.25, -0.2) is 18.7 Å². The van der Waals surface area contributed by atoms with Gasteiger partial charge in [0.05, 0.1) is 6.20 Å². The monoisotopic (exact) mass is 792 g/mol. The molecule has 0 radical (unpaired) electrons. The molecule has 2 aromatic heterocycles. The molecule has 3 amide bonds. The summed E-state index contributed by atoms with van der Waals surface area (Å²) in [6.45, 7) is 4.36. The first kappa shape index (κ1) is 39.3. The van der Waals surface area contributed by atoms with E-state index in [2.05, 4.69) is 35.7 Å². The summed E-state index contributed by atoms with van der Waals surface area (Å²) in [5.41, 5.74) is 2.38. The number of halogens is 2. The van der Waals surface area contributed by atoms with Crippen molar-refractivity contribution in [3.63, 3.8) is 0 Å². The van der Waals surface area contributed by atoms with Crippen molar-refractivity contribution >= 4 is 29.4 Å². The van der Waals surface area contributed by atoms with Crippen molar-refractivity contribution in [2.75, 3.05) is 43.4 Å². The van der Waals surface area contributed by atoms with Gasteiger partial charge < -0.3 is 20.4 Å². The lowest BCUT2D eigenvalue weighted by Gasteiger charge is -2.39. The summed E-state index contributed by atoms with van der Waals surface area (Å²) in [5.74, 6) is -0.233. The first-order valence-electron chi connectivity index (χ1n) is 20.6. The molecule has 4 aliphatic rings. The number of likely N-dealkylation sites (tertiary alicyclic amines) is 2. The third-order valence-corrected chi connectivity index (χ3v) is 12.4. The number of hydrogen-bond acceptors (Lipinski definition) is 9. The average molecular weight is 793 g/mol. The molecule has 304 valence electrons. The van der Waals surface area contributed by atoms with Crippen molar-refractivity contribution in [2.24, 2.45) is 11.8 Å². The molecule has 0 unspecified atom stereocenters. The number of nitrogens with one attached hydrogen (secondary N) is 3. The van der Waals surface area contributed by atoms with Crippen LogP contribution in [-0.2, 0) is 14.4 Å². The van der Waals surface area contributed by atoms with E-state index < -0.39 is 11.9 Å². The van der Waals surface area contributed by atoms with Gasteiger partial charge in [0.2, 0.25) is 23.7 Å². The highest BCUT2D eigenvalue weighted by atomic mass is 19.1. The molecule has 4 aromatic rings. The van der Waals surface area contributed by atoms with E-state index in [0.717, 1.165) is 84.1 Å². The fourth-order valence-corrected chi connectivity index (χ4v) is 9.12. The van der Waals surface area contributed by atoms with Gasteiger partial charge in [-0.05, 0) is 119 Å². The molecule has 3 aliphatic heterocycles. The summed E-state index contributed by atoms with van der Waals surface area (Å²) in [7, 11) is 0. The van der Waals surface area contributed by atoms with E-state index in [0.29, 0.717) is 40.8 Å². The van der Waals surface area contributed by atoms with Crippen LogP contribution in [0.4, 0.5) is 20.4 Å². The molecule has 1 saturated carbocycles. The van der Waals surface area contributed by atoms with Crippen LogP contribution in [0.2, 0.25) is 0 Å². The number of piperidine rings is 3. The molecule has 3 saturated heterocycles. The normalized spacial score (nSPS) is 22.4. The largest absolute Gasteiger partial charge is 0.374 e. The van der Waals surface area contributed by atoms with Gasteiger partial charge in [-0.3, -0.25) is 29.1 Å². The molecule has 0 bridgehead atoms. The highest BCUT2D eigenvalue weighted by Gasteiger charge is 2.33. The van der Waals surface area contributed by atoms with E-state index in [4.69, 9.17) is 0 Å². The summed E-state index contributed by atoms with van der Waals surface area (Å²) in [6.07, 6.45) is 10.3. The van der Waals surface area contributed by atoms with Crippen LogP contribution in [0.15, 0.2) is 77.9 Å². The number of nitrogens with zero attached hydrogens (tertiary/aromatic N) is 5. The third kappa shape index (κ3) is 9.12. The Kier molecular flexibility index (Phi) is 11.9. The minimum Gasteiger partial charge on any atom is -0.374 e. The molecule has 2 aromatic carbocycles. The minimum atomic E-state index is -0.551. The summed E-state index contributed by atoms with van der Waals surface area (Å²) in [4.78, 5) is 62.8. The summed E-state index contributed by atoms with van der Waals surface area (Å²) >= 11 is 0. The number of anilines is 2. The lowest BCUT2D eigenvalue weighted by Crippen LogP contribution is -2.47. The quantitative estimate of drug-likeness (QED) is 0.168. The average Bonchev–Trinajstić information content (AvgIpc) is 3.23. The van der Waals surface area contributed by atoms with E-state index >= 15 is 4.39 Å². The Morgan fingerprint density at radius 1 is 0.810 bits per heavy atom. The molecule has 58 heavy (non-hydrogen) atoms. The molecule has 1 atom stereocenters. The van der Waals surface area contributed by atoms with Crippen LogP contribution < -0.4 is 21.5 Å². The number of aromatic nitrogens is 3. The molecule has 14 heteroatoms. The van der Waals surface area contributed by atoms with Gasteiger partial charge in [0.25, 0.3) is 5.56 Å². The molecular formula is C44H50F2N8O4. The van der Waals surface area contributed by atoms with Crippen LogP contribution in [0.5, 0.6) is 0 Å². The maximum Gasteiger partial charge on any atom is 0.255 e. The second-order valence-corrected chi connectivity index (χ2v) is 16.3. The number of carbonyl (C=O) groups excluding carboxylic acids is 3. The Bertz CT molecular complexity index is 2190. The molecule has 3 N–H and O–H groups in total. The second kappa shape index (κ2) is 17.6. The van der Waals surface area contributed by atoms with Crippen LogP contribution in [-0.4, -0.2) is 86.9 Å². The van der Waals surface area contributed by atoms with Crippen molar-refractivity contribution in [3.05, 3.63) is 101 Å². The summed E-state index contributed by atoms with van der Waals surface area (Å²) < 4.78 is 31.7. The first-order chi connectivity index (χ1) is 28.2. The smallest absolute Gasteiger partial charge is 0.255 e. The number of benzene rings is 2. The highest BCUT2D eigenvalue weighted by molar-refractivity contribution is 6.01. The van der Waals surface area contributed by atoms with Gasteiger partial charge in [-0.2, -0.15) is 0 Å². The fourth-order valence-electron chi connectivity index (χ4n) is 9.12.